The largest absolute Gasteiger partial charge is 0.454 e. The van der Waals surface area contributed by atoms with E-state index in [-0.39, 0.29) is 0 Å². The Kier molecular flexibility index (Phi) is 2.29. The summed E-state index contributed by atoms with van der Waals surface area (Å²) in [6.45, 7) is 1.76. The summed E-state index contributed by atoms with van der Waals surface area (Å²) in [7, 11) is 0. The summed E-state index contributed by atoms with van der Waals surface area (Å²) in [5.74, 6) is 1.61. The average molecular weight is 257 g/mol. The molecular weight excluding hydrogens is 242 g/mol. The van der Waals surface area contributed by atoms with Crippen molar-refractivity contribution < 1.29 is 9.47 Å². The number of ether oxygens (including phenoxy) is 2. The molecule has 0 spiro atoms. The third kappa shape index (κ3) is 1.55. The van der Waals surface area contributed by atoms with Crippen molar-refractivity contribution in [2.24, 2.45) is 5.73 Å². The molecule has 98 valence electrons. The van der Waals surface area contributed by atoms with Crippen LogP contribution < -0.4 is 15.2 Å². The van der Waals surface area contributed by atoms with Crippen molar-refractivity contribution in [2.45, 2.75) is 25.9 Å². The zero-order chi connectivity index (χ0) is 12.8. The maximum absolute atomic E-state index is 5.83. The number of aromatic nitrogens is 2. The highest BCUT2D eigenvalue weighted by molar-refractivity contribution is 5.72. The first-order valence-corrected chi connectivity index (χ1v) is 6.55. The van der Waals surface area contributed by atoms with E-state index in [0.29, 0.717) is 13.3 Å². The second kappa shape index (κ2) is 3.99. The highest BCUT2D eigenvalue weighted by Crippen LogP contribution is 2.39. The topological polar surface area (TPSA) is 62.3 Å². The molecule has 0 saturated carbocycles. The van der Waals surface area contributed by atoms with E-state index in [4.69, 9.17) is 15.2 Å². The second-order valence-electron chi connectivity index (χ2n) is 4.87. The van der Waals surface area contributed by atoms with Gasteiger partial charge in [-0.05, 0) is 30.5 Å². The summed E-state index contributed by atoms with van der Waals surface area (Å²) in [5.41, 5.74) is 10.4. The van der Waals surface area contributed by atoms with E-state index in [2.05, 4.69) is 15.8 Å². The van der Waals surface area contributed by atoms with Crippen molar-refractivity contribution in [3.8, 4) is 22.6 Å². The van der Waals surface area contributed by atoms with Crippen LogP contribution in [0, 0.1) is 0 Å². The number of benzene rings is 1. The molecule has 3 heterocycles. The summed E-state index contributed by atoms with van der Waals surface area (Å²) in [6.07, 6.45) is 2.22. The van der Waals surface area contributed by atoms with Crippen LogP contribution in [0.4, 0.5) is 0 Å². The molecule has 2 aliphatic heterocycles. The zero-order valence-corrected chi connectivity index (χ0v) is 10.6. The Morgan fingerprint density at radius 1 is 1.26 bits per heavy atom. The number of aryl methyl sites for hydroxylation is 1. The third-order valence-corrected chi connectivity index (χ3v) is 3.77. The van der Waals surface area contributed by atoms with Crippen LogP contribution in [0.2, 0.25) is 0 Å². The molecule has 0 amide bonds. The molecule has 1 aromatic heterocycles. The van der Waals surface area contributed by atoms with Gasteiger partial charge in [-0.2, -0.15) is 5.10 Å². The minimum atomic E-state index is 0.300. The monoisotopic (exact) mass is 257 g/mol. The van der Waals surface area contributed by atoms with Crippen LogP contribution >= 0.6 is 0 Å². The predicted octanol–water partition coefficient (Wildman–Crippen LogP) is 1.68. The van der Waals surface area contributed by atoms with Crippen LogP contribution in [-0.4, -0.2) is 16.6 Å². The fourth-order valence-corrected chi connectivity index (χ4v) is 2.92. The Morgan fingerprint density at radius 3 is 3.05 bits per heavy atom. The first-order chi connectivity index (χ1) is 9.36. The molecule has 4 rings (SSSR count). The summed E-state index contributed by atoms with van der Waals surface area (Å²) >= 11 is 0. The van der Waals surface area contributed by atoms with Crippen molar-refractivity contribution in [3.63, 3.8) is 0 Å². The molecule has 0 atom stereocenters. The van der Waals surface area contributed by atoms with Crippen molar-refractivity contribution in [3.05, 3.63) is 29.6 Å². The minimum absolute atomic E-state index is 0.300. The second-order valence-corrected chi connectivity index (χ2v) is 4.87. The van der Waals surface area contributed by atoms with E-state index in [9.17, 15) is 0 Å². The third-order valence-electron chi connectivity index (χ3n) is 3.77. The van der Waals surface area contributed by atoms with Crippen molar-refractivity contribution >= 4 is 0 Å². The molecule has 19 heavy (non-hydrogen) atoms. The number of nitrogens with zero attached hydrogens (tertiary/aromatic N) is 2. The molecule has 2 aliphatic rings. The van der Waals surface area contributed by atoms with Gasteiger partial charge in [0, 0.05) is 24.3 Å². The lowest BCUT2D eigenvalue weighted by Gasteiger charge is -2.05. The number of hydrogen-bond donors (Lipinski definition) is 1. The Labute approximate surface area is 110 Å². The number of fused-ring (bicyclic) bond motifs is 2. The predicted molar refractivity (Wildman–Crippen MR) is 70.0 cm³/mol. The van der Waals surface area contributed by atoms with Crippen molar-refractivity contribution in [1.29, 1.82) is 0 Å². The highest BCUT2D eigenvalue weighted by Gasteiger charge is 2.23. The number of rotatable bonds is 2. The molecule has 1 aromatic carbocycles. The fraction of sp³-hybridized carbons (Fsp3) is 0.357. The smallest absolute Gasteiger partial charge is 0.231 e. The molecule has 2 N–H and O–H groups in total. The van der Waals surface area contributed by atoms with Crippen molar-refractivity contribution in [2.75, 3.05) is 6.79 Å². The van der Waals surface area contributed by atoms with E-state index in [1.165, 1.54) is 11.3 Å². The molecule has 0 aliphatic carbocycles. The maximum atomic E-state index is 5.83. The lowest BCUT2D eigenvalue weighted by molar-refractivity contribution is 0.174. The van der Waals surface area contributed by atoms with Gasteiger partial charge >= 0.3 is 0 Å². The maximum Gasteiger partial charge on any atom is 0.231 e. The minimum Gasteiger partial charge on any atom is -0.454 e. The van der Waals surface area contributed by atoms with E-state index in [0.717, 1.165) is 42.1 Å². The summed E-state index contributed by atoms with van der Waals surface area (Å²) in [6, 6.07) is 6.04. The SMILES string of the molecule is NCc1nn2c(c1-c1ccc3c(c1)OCO3)CCC2. The Balaban J connectivity index is 1.88. The zero-order valence-electron chi connectivity index (χ0n) is 10.6. The lowest BCUT2D eigenvalue weighted by atomic mass is 10.0. The highest BCUT2D eigenvalue weighted by atomic mass is 16.7. The summed E-state index contributed by atoms with van der Waals surface area (Å²) < 4.78 is 12.9. The van der Waals surface area contributed by atoms with Crippen LogP contribution in [-0.2, 0) is 19.5 Å². The van der Waals surface area contributed by atoms with Gasteiger partial charge in [0.15, 0.2) is 11.5 Å². The van der Waals surface area contributed by atoms with Gasteiger partial charge in [-0.25, -0.2) is 0 Å². The van der Waals surface area contributed by atoms with E-state index < -0.39 is 0 Å². The molecular formula is C14H15N3O2. The van der Waals surface area contributed by atoms with Gasteiger partial charge in [0.1, 0.15) is 0 Å². The van der Waals surface area contributed by atoms with Crippen LogP contribution in [0.3, 0.4) is 0 Å². The molecule has 0 radical (unpaired) electrons. The normalized spacial score (nSPS) is 15.8. The molecule has 5 heteroatoms. The van der Waals surface area contributed by atoms with Crippen molar-refractivity contribution in [1.82, 2.24) is 9.78 Å². The van der Waals surface area contributed by atoms with Crippen LogP contribution in [0.1, 0.15) is 17.8 Å². The van der Waals surface area contributed by atoms with Crippen LogP contribution in [0.5, 0.6) is 11.5 Å². The van der Waals surface area contributed by atoms with Gasteiger partial charge in [0.25, 0.3) is 0 Å². The Bertz CT molecular complexity index is 648. The molecule has 2 aromatic rings. The fourth-order valence-electron chi connectivity index (χ4n) is 2.92. The molecule has 0 bridgehead atoms. The standard InChI is InChI=1S/C14H15N3O2/c15-7-10-14(11-2-1-5-17(11)16-10)9-3-4-12-13(6-9)19-8-18-12/h3-4,6H,1-2,5,7-8,15H2. The Morgan fingerprint density at radius 2 is 2.16 bits per heavy atom. The van der Waals surface area contributed by atoms with Gasteiger partial charge in [-0.1, -0.05) is 6.07 Å². The quantitative estimate of drug-likeness (QED) is 0.889. The van der Waals surface area contributed by atoms with E-state index in [1.54, 1.807) is 0 Å². The van der Waals surface area contributed by atoms with Gasteiger partial charge in [-0.3, -0.25) is 4.68 Å². The molecule has 0 fully saturated rings. The van der Waals surface area contributed by atoms with Crippen LogP contribution in [0.25, 0.3) is 11.1 Å². The molecule has 0 saturated heterocycles. The summed E-state index contributed by atoms with van der Waals surface area (Å²) in [4.78, 5) is 0. The molecule has 5 nitrogen and oxygen atoms in total. The van der Waals surface area contributed by atoms with E-state index in [1.807, 2.05) is 12.1 Å². The average Bonchev–Trinajstić information content (AvgIpc) is 3.11. The van der Waals surface area contributed by atoms with Gasteiger partial charge < -0.3 is 15.2 Å². The van der Waals surface area contributed by atoms with Gasteiger partial charge in [0.2, 0.25) is 6.79 Å². The number of nitrogens with two attached hydrogens (primary N) is 1. The van der Waals surface area contributed by atoms with Gasteiger partial charge in [-0.15, -0.1) is 0 Å². The first kappa shape index (κ1) is 10.9. The van der Waals surface area contributed by atoms with Gasteiger partial charge in [0.05, 0.1) is 5.69 Å². The van der Waals surface area contributed by atoms with E-state index >= 15 is 0 Å². The molecule has 0 unspecified atom stereocenters. The summed E-state index contributed by atoms with van der Waals surface area (Å²) in [5, 5.41) is 4.60. The first-order valence-electron chi connectivity index (χ1n) is 6.55. The number of hydrogen-bond acceptors (Lipinski definition) is 4. The van der Waals surface area contributed by atoms with Crippen LogP contribution in [0.15, 0.2) is 18.2 Å². The lowest BCUT2D eigenvalue weighted by Crippen LogP contribution is -2.01. The Hall–Kier alpha value is -2.01.